The number of benzene rings is 3. The number of fused-ring (bicyclic) bond motifs is 2. The molecule has 4 rings (SSSR count). The standard InChI is InChI=1S/C23H24N2O4S/c1-24(2)15-9-11-17-20(13-15)29-21-14-16(25(3)4)10-12-18(21)23(17)19-7-5-6-8-22(19)30(26,27)28/h5-14,23H,1-4H3,(H,26,27,28). The van der Waals surface area contributed by atoms with Gasteiger partial charge in [0, 0.05) is 68.7 Å². The summed E-state index contributed by atoms with van der Waals surface area (Å²) in [6, 6.07) is 18.3. The van der Waals surface area contributed by atoms with Crippen LogP contribution >= 0.6 is 0 Å². The van der Waals surface area contributed by atoms with Crippen LogP contribution in [0.25, 0.3) is 0 Å². The number of hydrogen-bond donors (Lipinski definition) is 1. The lowest BCUT2D eigenvalue weighted by Crippen LogP contribution is -2.17. The van der Waals surface area contributed by atoms with E-state index < -0.39 is 16.0 Å². The minimum atomic E-state index is -4.39. The normalized spacial score (nSPS) is 13.2. The summed E-state index contributed by atoms with van der Waals surface area (Å²) in [7, 11) is 3.42. The zero-order valence-electron chi connectivity index (χ0n) is 17.3. The van der Waals surface area contributed by atoms with Crippen molar-refractivity contribution in [3.63, 3.8) is 0 Å². The molecule has 0 fully saturated rings. The fourth-order valence-corrected chi connectivity index (χ4v) is 4.57. The van der Waals surface area contributed by atoms with E-state index in [1.807, 2.05) is 74.4 Å². The summed E-state index contributed by atoms with van der Waals surface area (Å²) in [5.41, 5.74) is 4.16. The number of anilines is 2. The third-order valence-corrected chi connectivity index (χ3v) is 6.30. The second-order valence-corrected chi connectivity index (χ2v) is 9.17. The van der Waals surface area contributed by atoms with Gasteiger partial charge in [0.15, 0.2) is 0 Å². The van der Waals surface area contributed by atoms with Crippen molar-refractivity contribution in [2.45, 2.75) is 10.8 Å². The van der Waals surface area contributed by atoms with Crippen LogP contribution in [0, 0.1) is 0 Å². The van der Waals surface area contributed by atoms with Gasteiger partial charge in [-0.15, -0.1) is 0 Å². The van der Waals surface area contributed by atoms with Crippen LogP contribution in [0.1, 0.15) is 22.6 Å². The number of nitrogens with zero attached hydrogens (tertiary/aromatic N) is 2. The lowest BCUT2D eigenvalue weighted by atomic mass is 9.82. The SMILES string of the molecule is CN(C)c1ccc2c(c1)Oc1cc(N(C)C)ccc1C2c1ccccc1S(=O)(=O)O. The first-order valence-electron chi connectivity index (χ1n) is 9.53. The molecule has 0 atom stereocenters. The van der Waals surface area contributed by atoms with Gasteiger partial charge in [0.2, 0.25) is 0 Å². The summed E-state index contributed by atoms with van der Waals surface area (Å²) < 4.78 is 40.4. The minimum absolute atomic E-state index is 0.0952. The Morgan fingerprint density at radius 2 is 1.27 bits per heavy atom. The molecule has 3 aromatic rings. The molecule has 0 unspecified atom stereocenters. The molecule has 0 spiro atoms. The summed E-state index contributed by atoms with van der Waals surface area (Å²) in [6.45, 7) is 0. The van der Waals surface area contributed by atoms with E-state index in [0.29, 0.717) is 17.1 Å². The molecule has 1 heterocycles. The van der Waals surface area contributed by atoms with E-state index in [0.717, 1.165) is 22.5 Å². The largest absolute Gasteiger partial charge is 0.457 e. The Morgan fingerprint density at radius 1 is 0.767 bits per heavy atom. The molecule has 0 aromatic heterocycles. The lowest BCUT2D eigenvalue weighted by molar-refractivity contribution is 0.451. The Morgan fingerprint density at radius 3 is 1.73 bits per heavy atom. The summed E-state index contributed by atoms with van der Waals surface area (Å²) in [6.07, 6.45) is 0. The van der Waals surface area contributed by atoms with Crippen LogP contribution in [0.5, 0.6) is 11.5 Å². The lowest BCUT2D eigenvalue weighted by Gasteiger charge is -2.31. The van der Waals surface area contributed by atoms with Crippen molar-refractivity contribution in [1.82, 2.24) is 0 Å². The second kappa shape index (κ2) is 7.34. The highest BCUT2D eigenvalue weighted by molar-refractivity contribution is 7.85. The Bertz CT molecular complexity index is 1160. The molecule has 3 aromatic carbocycles. The summed E-state index contributed by atoms with van der Waals surface area (Å²) in [4.78, 5) is 3.87. The average Bonchev–Trinajstić information content (AvgIpc) is 2.70. The van der Waals surface area contributed by atoms with Gasteiger partial charge in [0.1, 0.15) is 11.5 Å². The van der Waals surface area contributed by atoms with Crippen molar-refractivity contribution in [2.75, 3.05) is 38.0 Å². The molecule has 7 heteroatoms. The van der Waals surface area contributed by atoms with E-state index in [1.165, 1.54) is 6.07 Å². The Kier molecular flexibility index (Phi) is 4.95. The first kappa shape index (κ1) is 20.3. The van der Waals surface area contributed by atoms with Crippen LogP contribution in [0.15, 0.2) is 65.6 Å². The van der Waals surface area contributed by atoms with Gasteiger partial charge in [-0.2, -0.15) is 8.42 Å². The van der Waals surface area contributed by atoms with Crippen molar-refractivity contribution in [3.8, 4) is 11.5 Å². The molecule has 6 nitrogen and oxygen atoms in total. The molecule has 30 heavy (non-hydrogen) atoms. The predicted molar refractivity (Wildman–Crippen MR) is 119 cm³/mol. The van der Waals surface area contributed by atoms with E-state index in [9.17, 15) is 13.0 Å². The van der Waals surface area contributed by atoms with Gasteiger partial charge in [-0.25, -0.2) is 0 Å². The van der Waals surface area contributed by atoms with Gasteiger partial charge in [-0.05, 0) is 23.8 Å². The molecule has 1 aliphatic rings. The van der Waals surface area contributed by atoms with Crippen LogP contribution in [0.2, 0.25) is 0 Å². The number of hydrogen-bond acceptors (Lipinski definition) is 5. The minimum Gasteiger partial charge on any atom is -0.457 e. The smallest absolute Gasteiger partial charge is 0.294 e. The molecular weight excluding hydrogens is 400 g/mol. The Balaban J connectivity index is 2.00. The monoisotopic (exact) mass is 424 g/mol. The van der Waals surface area contributed by atoms with Crippen molar-refractivity contribution < 1.29 is 17.7 Å². The van der Waals surface area contributed by atoms with Gasteiger partial charge in [0.25, 0.3) is 10.1 Å². The highest BCUT2D eigenvalue weighted by atomic mass is 32.2. The van der Waals surface area contributed by atoms with Crippen LogP contribution in [-0.2, 0) is 10.1 Å². The van der Waals surface area contributed by atoms with E-state index >= 15 is 0 Å². The molecule has 0 bridgehead atoms. The molecule has 0 radical (unpaired) electrons. The molecule has 1 aliphatic heterocycles. The third kappa shape index (κ3) is 3.51. The Labute approximate surface area is 177 Å². The molecule has 0 aliphatic carbocycles. The van der Waals surface area contributed by atoms with Gasteiger partial charge in [0.05, 0.1) is 4.90 Å². The van der Waals surface area contributed by atoms with Crippen LogP contribution in [0.4, 0.5) is 11.4 Å². The van der Waals surface area contributed by atoms with E-state index in [1.54, 1.807) is 18.2 Å². The van der Waals surface area contributed by atoms with Crippen molar-refractivity contribution in [1.29, 1.82) is 0 Å². The molecule has 0 amide bonds. The van der Waals surface area contributed by atoms with Gasteiger partial charge < -0.3 is 14.5 Å². The van der Waals surface area contributed by atoms with Crippen molar-refractivity contribution in [3.05, 3.63) is 77.4 Å². The zero-order chi connectivity index (χ0) is 21.6. The summed E-state index contributed by atoms with van der Waals surface area (Å²) in [5.74, 6) is 0.939. The number of rotatable bonds is 4. The summed E-state index contributed by atoms with van der Waals surface area (Å²) in [5, 5.41) is 0. The third-order valence-electron chi connectivity index (χ3n) is 5.38. The fourth-order valence-electron chi connectivity index (χ4n) is 3.83. The fraction of sp³-hybridized carbons (Fsp3) is 0.217. The maximum atomic E-state index is 12.1. The first-order valence-corrected chi connectivity index (χ1v) is 11.0. The average molecular weight is 425 g/mol. The van der Waals surface area contributed by atoms with Gasteiger partial charge in [-0.3, -0.25) is 4.55 Å². The molecular formula is C23H24N2O4S. The van der Waals surface area contributed by atoms with Crippen molar-refractivity contribution in [2.24, 2.45) is 0 Å². The molecule has 1 N–H and O–H groups in total. The van der Waals surface area contributed by atoms with Crippen LogP contribution < -0.4 is 14.5 Å². The quantitative estimate of drug-likeness (QED) is 0.491. The number of ether oxygens (including phenoxy) is 1. The van der Waals surface area contributed by atoms with Gasteiger partial charge >= 0.3 is 0 Å². The molecule has 0 saturated heterocycles. The predicted octanol–water partition coefficient (Wildman–Crippen LogP) is 4.35. The van der Waals surface area contributed by atoms with Crippen molar-refractivity contribution >= 4 is 21.5 Å². The van der Waals surface area contributed by atoms with E-state index in [2.05, 4.69) is 0 Å². The molecule has 156 valence electrons. The Hall–Kier alpha value is -3.03. The first-order chi connectivity index (χ1) is 14.2. The molecule has 0 saturated carbocycles. The van der Waals surface area contributed by atoms with E-state index in [-0.39, 0.29) is 4.90 Å². The summed E-state index contributed by atoms with van der Waals surface area (Å²) >= 11 is 0. The highest BCUT2D eigenvalue weighted by Crippen LogP contribution is 2.50. The topological polar surface area (TPSA) is 70.1 Å². The maximum Gasteiger partial charge on any atom is 0.294 e. The van der Waals surface area contributed by atoms with Gasteiger partial charge in [-0.1, -0.05) is 30.3 Å². The highest BCUT2D eigenvalue weighted by Gasteiger charge is 2.33. The second-order valence-electron chi connectivity index (χ2n) is 7.78. The van der Waals surface area contributed by atoms with E-state index in [4.69, 9.17) is 4.74 Å². The zero-order valence-corrected chi connectivity index (χ0v) is 18.1. The van der Waals surface area contributed by atoms with Crippen LogP contribution in [-0.4, -0.2) is 41.2 Å². The maximum absolute atomic E-state index is 12.1. The van der Waals surface area contributed by atoms with Crippen LogP contribution in [0.3, 0.4) is 0 Å².